The van der Waals surface area contributed by atoms with E-state index in [1.54, 1.807) is 6.92 Å². The van der Waals surface area contributed by atoms with E-state index in [1.807, 2.05) is 24.3 Å². The Morgan fingerprint density at radius 3 is 2.71 bits per heavy atom. The van der Waals surface area contributed by atoms with E-state index in [0.717, 1.165) is 11.3 Å². The van der Waals surface area contributed by atoms with Crippen molar-refractivity contribution < 1.29 is 22.7 Å². The fraction of sp³-hybridized carbons (Fsp3) is 0.526. The Bertz CT molecular complexity index is 735. The number of ether oxygens (including phenoxy) is 2. The zero-order valence-electron chi connectivity index (χ0n) is 16.7. The molecule has 4 N–H and O–H groups in total. The summed E-state index contributed by atoms with van der Waals surface area (Å²) in [6.07, 6.45) is 2.89. The molecule has 0 radical (unpaired) electrons. The van der Waals surface area contributed by atoms with Crippen LogP contribution >= 0.6 is 0 Å². The van der Waals surface area contributed by atoms with Gasteiger partial charge in [-0.1, -0.05) is 26.0 Å². The van der Waals surface area contributed by atoms with E-state index in [4.69, 9.17) is 15.2 Å². The third-order valence-electron chi connectivity index (χ3n) is 3.55. The topological polar surface area (TPSA) is 120 Å². The Labute approximate surface area is 167 Å². The number of sulfonamides is 1. The van der Waals surface area contributed by atoms with E-state index < -0.39 is 15.9 Å². The second-order valence-electron chi connectivity index (χ2n) is 6.78. The first-order valence-electron chi connectivity index (χ1n) is 9.19. The molecule has 1 amide bonds. The summed E-state index contributed by atoms with van der Waals surface area (Å²) in [7, 11) is -3.44. The van der Waals surface area contributed by atoms with E-state index >= 15 is 0 Å². The Morgan fingerprint density at radius 1 is 1.29 bits per heavy atom. The van der Waals surface area contributed by atoms with Crippen LogP contribution in [0.5, 0.6) is 5.75 Å². The zero-order chi connectivity index (χ0) is 21.0. The normalized spacial score (nSPS) is 13.0. The number of nitrogens with two attached hydrogens (primary N) is 1. The SMILES string of the molecule is CC(C)COc1cccc([C@@H](C)NS(=O)(=O)CCCOCN/C=C\C(N)=O)c1. The van der Waals surface area contributed by atoms with Crippen LogP contribution in [0.2, 0.25) is 0 Å². The van der Waals surface area contributed by atoms with Gasteiger partial charge in [-0.05, 0) is 37.0 Å². The van der Waals surface area contributed by atoms with E-state index in [0.29, 0.717) is 18.9 Å². The largest absolute Gasteiger partial charge is 0.493 e. The van der Waals surface area contributed by atoms with Crippen molar-refractivity contribution in [1.29, 1.82) is 0 Å². The van der Waals surface area contributed by atoms with Crippen molar-refractivity contribution in [3.05, 3.63) is 42.1 Å². The second-order valence-corrected chi connectivity index (χ2v) is 8.66. The minimum Gasteiger partial charge on any atom is -0.493 e. The van der Waals surface area contributed by atoms with Crippen LogP contribution in [0.4, 0.5) is 0 Å². The number of carbonyl (C=O) groups excluding carboxylic acids is 1. The average Bonchev–Trinajstić information content (AvgIpc) is 2.61. The molecule has 0 heterocycles. The standard InChI is InChI=1S/C19H31N3O5S/c1-15(2)13-27-18-7-4-6-17(12-18)16(3)22-28(24,25)11-5-10-26-14-21-9-8-19(20)23/h4,6-9,12,15-16,21-22H,5,10-11,13-14H2,1-3H3,(H2,20,23)/b9-8-/t16-/m1/s1. The lowest BCUT2D eigenvalue weighted by Crippen LogP contribution is -2.29. The van der Waals surface area contributed by atoms with Gasteiger partial charge in [-0.15, -0.1) is 0 Å². The third kappa shape index (κ3) is 10.9. The highest BCUT2D eigenvalue weighted by Crippen LogP contribution is 2.20. The highest BCUT2D eigenvalue weighted by Gasteiger charge is 2.16. The molecule has 1 aromatic rings. The van der Waals surface area contributed by atoms with E-state index in [1.165, 1.54) is 12.3 Å². The van der Waals surface area contributed by atoms with Gasteiger partial charge >= 0.3 is 0 Å². The molecule has 1 aromatic carbocycles. The predicted octanol–water partition coefficient (Wildman–Crippen LogP) is 1.65. The third-order valence-corrected chi connectivity index (χ3v) is 5.09. The van der Waals surface area contributed by atoms with E-state index in [2.05, 4.69) is 23.9 Å². The molecule has 0 spiro atoms. The molecule has 0 saturated heterocycles. The van der Waals surface area contributed by atoms with Gasteiger partial charge in [0.05, 0.1) is 12.4 Å². The fourth-order valence-electron chi connectivity index (χ4n) is 2.20. The Hall–Kier alpha value is -2.10. The molecular weight excluding hydrogens is 382 g/mol. The minimum atomic E-state index is -3.44. The molecule has 0 aromatic heterocycles. The van der Waals surface area contributed by atoms with Gasteiger partial charge in [0, 0.05) is 24.9 Å². The predicted molar refractivity (Wildman–Crippen MR) is 109 cm³/mol. The summed E-state index contributed by atoms with van der Waals surface area (Å²) >= 11 is 0. The lowest BCUT2D eigenvalue weighted by atomic mass is 10.1. The number of rotatable bonds is 14. The van der Waals surface area contributed by atoms with Crippen molar-refractivity contribution in [3.63, 3.8) is 0 Å². The van der Waals surface area contributed by atoms with E-state index in [-0.39, 0.29) is 25.1 Å². The number of amides is 1. The average molecular weight is 414 g/mol. The fourth-order valence-corrected chi connectivity index (χ4v) is 3.49. The van der Waals surface area contributed by atoms with Crippen molar-refractivity contribution in [1.82, 2.24) is 10.0 Å². The van der Waals surface area contributed by atoms with Crippen LogP contribution in [0.1, 0.15) is 38.8 Å². The molecule has 0 fully saturated rings. The van der Waals surface area contributed by atoms with Crippen LogP contribution < -0.4 is 20.5 Å². The maximum Gasteiger partial charge on any atom is 0.242 e. The summed E-state index contributed by atoms with van der Waals surface area (Å²) in [5, 5.41) is 2.71. The smallest absolute Gasteiger partial charge is 0.242 e. The summed E-state index contributed by atoms with van der Waals surface area (Å²) in [6, 6.07) is 7.06. The van der Waals surface area contributed by atoms with Crippen molar-refractivity contribution >= 4 is 15.9 Å². The van der Waals surface area contributed by atoms with Gasteiger partial charge < -0.3 is 20.5 Å². The van der Waals surface area contributed by atoms with Crippen LogP contribution in [0.25, 0.3) is 0 Å². The first-order chi connectivity index (χ1) is 13.2. The minimum absolute atomic E-state index is 0.0436. The maximum atomic E-state index is 12.2. The molecular formula is C19H31N3O5S. The van der Waals surface area contributed by atoms with Crippen molar-refractivity contribution in [2.24, 2.45) is 11.7 Å². The maximum absolute atomic E-state index is 12.2. The van der Waals surface area contributed by atoms with Gasteiger partial charge in [0.2, 0.25) is 15.9 Å². The molecule has 1 rings (SSSR count). The number of carbonyl (C=O) groups is 1. The lowest BCUT2D eigenvalue weighted by molar-refractivity contribution is -0.113. The molecule has 0 aliphatic rings. The molecule has 0 aliphatic heterocycles. The summed E-state index contributed by atoms with van der Waals surface area (Å²) in [5.74, 6) is 0.536. The van der Waals surface area contributed by atoms with Crippen LogP contribution in [0, 0.1) is 5.92 Å². The van der Waals surface area contributed by atoms with Crippen LogP contribution in [-0.4, -0.2) is 40.0 Å². The van der Waals surface area contributed by atoms with Gasteiger partial charge in [-0.2, -0.15) is 0 Å². The summed E-state index contributed by atoms with van der Waals surface area (Å²) in [6.45, 7) is 6.97. The molecule has 0 bridgehead atoms. The first kappa shape index (κ1) is 23.9. The molecule has 1 atom stereocenters. The number of hydrogen-bond donors (Lipinski definition) is 3. The Kier molecular flexibility index (Phi) is 10.6. The highest BCUT2D eigenvalue weighted by molar-refractivity contribution is 7.89. The first-order valence-corrected chi connectivity index (χ1v) is 10.8. The summed E-state index contributed by atoms with van der Waals surface area (Å²) in [5.41, 5.74) is 5.77. The van der Waals surface area contributed by atoms with Gasteiger partial charge in [0.1, 0.15) is 12.5 Å². The van der Waals surface area contributed by atoms with Gasteiger partial charge in [0.15, 0.2) is 0 Å². The summed E-state index contributed by atoms with van der Waals surface area (Å²) in [4.78, 5) is 10.5. The number of primary amides is 1. The molecule has 0 saturated carbocycles. The molecule has 9 heteroatoms. The van der Waals surface area contributed by atoms with Crippen molar-refractivity contribution in [3.8, 4) is 5.75 Å². The van der Waals surface area contributed by atoms with Gasteiger partial charge in [-0.3, -0.25) is 4.79 Å². The van der Waals surface area contributed by atoms with Gasteiger partial charge in [0.25, 0.3) is 0 Å². The Balaban J connectivity index is 2.38. The van der Waals surface area contributed by atoms with Crippen LogP contribution in [-0.2, 0) is 19.6 Å². The molecule has 8 nitrogen and oxygen atoms in total. The number of nitrogens with one attached hydrogen (secondary N) is 2. The second kappa shape index (κ2) is 12.4. The quantitative estimate of drug-likeness (QED) is 0.242. The van der Waals surface area contributed by atoms with E-state index in [9.17, 15) is 13.2 Å². The zero-order valence-corrected chi connectivity index (χ0v) is 17.5. The highest BCUT2D eigenvalue weighted by atomic mass is 32.2. The summed E-state index contributed by atoms with van der Waals surface area (Å²) < 4.78 is 38.1. The Morgan fingerprint density at radius 2 is 2.04 bits per heavy atom. The number of hydrogen-bond acceptors (Lipinski definition) is 6. The number of benzene rings is 1. The van der Waals surface area contributed by atoms with Gasteiger partial charge in [-0.25, -0.2) is 13.1 Å². The lowest BCUT2D eigenvalue weighted by Gasteiger charge is -2.16. The monoisotopic (exact) mass is 413 g/mol. The molecule has 0 unspecified atom stereocenters. The molecule has 0 aliphatic carbocycles. The van der Waals surface area contributed by atoms with Crippen LogP contribution in [0.15, 0.2) is 36.5 Å². The van der Waals surface area contributed by atoms with Crippen molar-refractivity contribution in [2.45, 2.75) is 33.2 Å². The van der Waals surface area contributed by atoms with Crippen LogP contribution in [0.3, 0.4) is 0 Å². The van der Waals surface area contributed by atoms with Crippen molar-refractivity contribution in [2.75, 3.05) is 25.7 Å². The molecule has 28 heavy (non-hydrogen) atoms. The molecule has 158 valence electrons.